The van der Waals surface area contributed by atoms with E-state index in [-0.39, 0.29) is 5.57 Å². The van der Waals surface area contributed by atoms with Crippen molar-refractivity contribution in [1.29, 1.82) is 0 Å². The van der Waals surface area contributed by atoms with Gasteiger partial charge in [0.15, 0.2) is 0 Å². The van der Waals surface area contributed by atoms with Crippen molar-refractivity contribution in [3.63, 3.8) is 0 Å². The third-order valence-corrected chi connectivity index (χ3v) is 1.52. The minimum atomic E-state index is -4.31. The molecule has 1 N–H and O–H groups in total. The summed E-state index contributed by atoms with van der Waals surface area (Å²) in [6.07, 6.45) is -7.18. The Labute approximate surface area is 85.5 Å². The van der Waals surface area contributed by atoms with Crippen molar-refractivity contribution < 1.29 is 27.8 Å². The number of carbonyl (C=O) groups is 1. The van der Waals surface area contributed by atoms with Gasteiger partial charge in [-0.25, -0.2) is 4.79 Å². The highest BCUT2D eigenvalue weighted by molar-refractivity contribution is 5.86. The number of halogens is 3. The van der Waals surface area contributed by atoms with Gasteiger partial charge in [-0.2, -0.15) is 13.2 Å². The molecule has 88 valence electrons. The second-order valence-corrected chi connectivity index (χ2v) is 3.19. The number of rotatable bonds is 5. The Kier molecular flexibility index (Phi) is 5.35. The molecule has 3 nitrogen and oxygen atoms in total. The molecule has 0 aliphatic heterocycles. The zero-order valence-corrected chi connectivity index (χ0v) is 8.30. The van der Waals surface area contributed by atoms with Crippen molar-refractivity contribution in [2.45, 2.75) is 32.0 Å². The summed E-state index contributed by atoms with van der Waals surface area (Å²) in [5, 5.41) is 9.04. The van der Waals surface area contributed by atoms with Crippen LogP contribution in [-0.2, 0) is 9.53 Å². The van der Waals surface area contributed by atoms with Crippen molar-refractivity contribution in [3.8, 4) is 0 Å². The molecule has 0 radical (unpaired) electrons. The molecular weight excluding hydrogens is 213 g/mol. The van der Waals surface area contributed by atoms with Crippen molar-refractivity contribution in [2.24, 2.45) is 0 Å². The third kappa shape index (κ3) is 7.99. The number of ether oxygens (including phenoxy) is 1. The predicted octanol–water partition coefficient (Wildman–Crippen LogP) is 1.81. The number of hydrogen-bond donors (Lipinski definition) is 1. The monoisotopic (exact) mass is 226 g/mol. The fourth-order valence-electron chi connectivity index (χ4n) is 0.709. The molecule has 0 saturated heterocycles. The number of alkyl halides is 3. The van der Waals surface area contributed by atoms with Gasteiger partial charge in [0, 0.05) is 12.0 Å². The summed E-state index contributed by atoms with van der Waals surface area (Å²) in [5.74, 6) is -0.721. The highest BCUT2D eigenvalue weighted by Crippen LogP contribution is 2.22. The van der Waals surface area contributed by atoms with Gasteiger partial charge in [-0.1, -0.05) is 6.58 Å². The van der Waals surface area contributed by atoms with Gasteiger partial charge in [0.05, 0.1) is 6.10 Å². The average molecular weight is 226 g/mol. The van der Waals surface area contributed by atoms with E-state index in [9.17, 15) is 18.0 Å². The SMILES string of the molecule is C=C(C)C(=O)OCC(O)CCC(F)(F)F. The van der Waals surface area contributed by atoms with Gasteiger partial charge >= 0.3 is 12.1 Å². The zero-order chi connectivity index (χ0) is 12.1. The minimum Gasteiger partial charge on any atom is -0.460 e. The molecule has 0 spiro atoms. The number of hydrogen-bond acceptors (Lipinski definition) is 3. The molecule has 0 amide bonds. The Hall–Kier alpha value is -1.04. The summed E-state index contributed by atoms with van der Waals surface area (Å²) in [4.78, 5) is 10.8. The maximum Gasteiger partial charge on any atom is 0.389 e. The fourth-order valence-corrected chi connectivity index (χ4v) is 0.709. The Morgan fingerprint density at radius 1 is 1.53 bits per heavy atom. The lowest BCUT2D eigenvalue weighted by atomic mass is 10.2. The highest BCUT2D eigenvalue weighted by Gasteiger charge is 2.28. The largest absolute Gasteiger partial charge is 0.460 e. The van der Waals surface area contributed by atoms with Crippen LogP contribution in [0.2, 0.25) is 0 Å². The summed E-state index contributed by atoms with van der Waals surface area (Å²) in [6, 6.07) is 0. The van der Waals surface area contributed by atoms with Gasteiger partial charge < -0.3 is 9.84 Å². The fraction of sp³-hybridized carbons (Fsp3) is 0.667. The molecule has 6 heteroatoms. The van der Waals surface area contributed by atoms with Gasteiger partial charge in [0.2, 0.25) is 0 Å². The topological polar surface area (TPSA) is 46.5 Å². The highest BCUT2D eigenvalue weighted by atomic mass is 19.4. The molecule has 0 rings (SSSR count). The molecule has 0 heterocycles. The number of aliphatic hydroxyl groups is 1. The summed E-state index contributed by atoms with van der Waals surface area (Å²) in [6.45, 7) is 4.25. The summed E-state index contributed by atoms with van der Waals surface area (Å²) >= 11 is 0. The van der Waals surface area contributed by atoms with Gasteiger partial charge in [0.1, 0.15) is 6.61 Å². The maximum absolute atomic E-state index is 11.7. The second kappa shape index (κ2) is 5.75. The van der Waals surface area contributed by atoms with Crippen LogP contribution in [0.25, 0.3) is 0 Å². The molecule has 0 aromatic carbocycles. The molecule has 1 atom stereocenters. The van der Waals surface area contributed by atoms with Crippen LogP contribution in [0.5, 0.6) is 0 Å². The van der Waals surface area contributed by atoms with E-state index in [0.29, 0.717) is 0 Å². The van der Waals surface area contributed by atoms with Crippen LogP contribution in [0.4, 0.5) is 13.2 Å². The summed E-state index contributed by atoms with van der Waals surface area (Å²) in [5.41, 5.74) is 0.137. The Balaban J connectivity index is 3.71. The van der Waals surface area contributed by atoms with Crippen molar-refractivity contribution >= 4 is 5.97 Å². The first kappa shape index (κ1) is 14.0. The molecule has 0 bridgehead atoms. The van der Waals surface area contributed by atoms with Crippen molar-refractivity contribution in [3.05, 3.63) is 12.2 Å². The van der Waals surface area contributed by atoms with Crippen LogP contribution in [-0.4, -0.2) is 30.0 Å². The van der Waals surface area contributed by atoms with E-state index in [2.05, 4.69) is 11.3 Å². The number of carbonyl (C=O) groups excluding carboxylic acids is 1. The van der Waals surface area contributed by atoms with Gasteiger partial charge in [-0.05, 0) is 13.3 Å². The van der Waals surface area contributed by atoms with E-state index in [1.807, 2.05) is 0 Å². The van der Waals surface area contributed by atoms with E-state index < -0.39 is 37.7 Å². The molecule has 15 heavy (non-hydrogen) atoms. The molecule has 0 fully saturated rings. The maximum atomic E-state index is 11.7. The lowest BCUT2D eigenvalue weighted by molar-refractivity contribution is -0.147. The zero-order valence-electron chi connectivity index (χ0n) is 8.30. The third-order valence-electron chi connectivity index (χ3n) is 1.52. The van der Waals surface area contributed by atoms with Crippen molar-refractivity contribution in [1.82, 2.24) is 0 Å². The van der Waals surface area contributed by atoms with Gasteiger partial charge in [-0.15, -0.1) is 0 Å². The van der Waals surface area contributed by atoms with Crippen LogP contribution in [0.3, 0.4) is 0 Å². The van der Waals surface area contributed by atoms with Gasteiger partial charge in [0.25, 0.3) is 0 Å². The normalized spacial score (nSPS) is 13.4. The van der Waals surface area contributed by atoms with E-state index in [1.54, 1.807) is 0 Å². The first-order chi connectivity index (χ1) is 6.72. The molecule has 0 aliphatic rings. The van der Waals surface area contributed by atoms with Crippen LogP contribution in [0.1, 0.15) is 19.8 Å². The molecule has 0 aromatic rings. The van der Waals surface area contributed by atoms with Crippen LogP contribution < -0.4 is 0 Å². The quantitative estimate of drug-likeness (QED) is 0.574. The summed E-state index contributed by atoms with van der Waals surface area (Å²) < 4.78 is 39.6. The van der Waals surface area contributed by atoms with Crippen LogP contribution in [0, 0.1) is 0 Å². The lowest BCUT2D eigenvalue weighted by Gasteiger charge is -2.12. The Bertz CT molecular complexity index is 235. The molecule has 0 aromatic heterocycles. The molecule has 0 saturated carbocycles. The first-order valence-electron chi connectivity index (χ1n) is 4.30. The number of aliphatic hydroxyl groups excluding tert-OH is 1. The van der Waals surface area contributed by atoms with E-state index in [1.165, 1.54) is 6.92 Å². The van der Waals surface area contributed by atoms with Crippen molar-refractivity contribution in [2.75, 3.05) is 6.61 Å². The minimum absolute atomic E-state index is 0.137. The second-order valence-electron chi connectivity index (χ2n) is 3.19. The van der Waals surface area contributed by atoms with Gasteiger partial charge in [-0.3, -0.25) is 0 Å². The Morgan fingerprint density at radius 2 is 2.07 bits per heavy atom. The molecular formula is C9H13F3O3. The van der Waals surface area contributed by atoms with E-state index in [4.69, 9.17) is 5.11 Å². The average Bonchev–Trinajstić information content (AvgIpc) is 2.09. The number of esters is 1. The molecule has 0 aliphatic carbocycles. The lowest BCUT2D eigenvalue weighted by Crippen LogP contribution is -2.21. The van der Waals surface area contributed by atoms with Crippen LogP contribution in [0.15, 0.2) is 12.2 Å². The smallest absolute Gasteiger partial charge is 0.389 e. The first-order valence-corrected chi connectivity index (χ1v) is 4.30. The van der Waals surface area contributed by atoms with E-state index in [0.717, 1.165) is 0 Å². The predicted molar refractivity (Wildman–Crippen MR) is 47.1 cm³/mol. The Morgan fingerprint density at radius 3 is 2.47 bits per heavy atom. The molecule has 1 unspecified atom stereocenters. The van der Waals surface area contributed by atoms with E-state index >= 15 is 0 Å². The standard InChI is InChI=1S/C9H13F3O3/c1-6(2)8(14)15-5-7(13)3-4-9(10,11)12/h7,13H,1,3-5H2,2H3. The summed E-state index contributed by atoms with van der Waals surface area (Å²) in [7, 11) is 0. The van der Waals surface area contributed by atoms with Crippen LogP contribution >= 0.6 is 0 Å².